The predicted molar refractivity (Wildman–Crippen MR) is 70.5 cm³/mol. The van der Waals surface area contributed by atoms with Gasteiger partial charge in [0.15, 0.2) is 0 Å². The largest absolute Gasteiger partial charge is 0.472 e. The van der Waals surface area contributed by atoms with E-state index < -0.39 is 0 Å². The molecule has 1 aromatic rings. The van der Waals surface area contributed by atoms with Gasteiger partial charge in [0.1, 0.15) is 12.4 Å². The summed E-state index contributed by atoms with van der Waals surface area (Å²) in [5.74, 6) is 0.711. The first-order valence-corrected chi connectivity index (χ1v) is 6.68. The molecule has 1 aliphatic carbocycles. The third-order valence-corrected chi connectivity index (χ3v) is 3.71. The minimum Gasteiger partial charge on any atom is -0.472 e. The average molecular weight is 333 g/mol. The minimum atomic E-state index is 0.238. The van der Waals surface area contributed by atoms with Crippen molar-refractivity contribution < 1.29 is 4.74 Å². The van der Waals surface area contributed by atoms with Gasteiger partial charge in [-0.25, -0.2) is 9.97 Å². The topological polar surface area (TPSA) is 47.0 Å². The highest BCUT2D eigenvalue weighted by Gasteiger charge is 2.26. The van der Waals surface area contributed by atoms with Gasteiger partial charge in [0.05, 0.1) is 3.57 Å². The Kier molecular flexibility index (Phi) is 4.34. The monoisotopic (exact) mass is 333 g/mol. The van der Waals surface area contributed by atoms with Gasteiger partial charge in [0, 0.05) is 12.2 Å². The van der Waals surface area contributed by atoms with E-state index in [0.29, 0.717) is 11.9 Å². The van der Waals surface area contributed by atoms with Crippen LogP contribution in [0.5, 0.6) is 5.88 Å². The second-order valence-electron chi connectivity index (χ2n) is 4.01. The molecule has 1 aromatic heterocycles. The maximum absolute atomic E-state index is 5.97. The molecule has 5 heteroatoms. The average Bonchev–Trinajstić information content (AvgIpc) is 2.33. The summed E-state index contributed by atoms with van der Waals surface area (Å²) < 4.78 is 6.94. The lowest BCUT2D eigenvalue weighted by Crippen LogP contribution is -2.43. The van der Waals surface area contributed by atoms with Gasteiger partial charge in [-0.15, -0.1) is 0 Å². The molecule has 0 amide bonds. The summed E-state index contributed by atoms with van der Waals surface area (Å²) in [6.07, 6.45) is 8.36. The van der Waals surface area contributed by atoms with Crippen LogP contribution in [0.2, 0.25) is 0 Å². The lowest BCUT2D eigenvalue weighted by atomic mass is 9.92. The smallest absolute Gasteiger partial charge is 0.230 e. The molecule has 1 N–H and O–H groups in total. The summed E-state index contributed by atoms with van der Waals surface area (Å²) in [6.45, 7) is 0. The van der Waals surface area contributed by atoms with E-state index in [2.05, 4.69) is 37.9 Å². The van der Waals surface area contributed by atoms with Crippen LogP contribution in [0.15, 0.2) is 12.5 Å². The fourth-order valence-corrected chi connectivity index (χ4v) is 2.53. The summed E-state index contributed by atoms with van der Waals surface area (Å²) in [5.41, 5.74) is 0. The van der Waals surface area contributed by atoms with E-state index >= 15 is 0 Å². The van der Waals surface area contributed by atoms with Crippen LogP contribution in [0.25, 0.3) is 0 Å². The summed E-state index contributed by atoms with van der Waals surface area (Å²) >= 11 is 2.21. The molecule has 0 saturated heterocycles. The molecule has 16 heavy (non-hydrogen) atoms. The zero-order valence-electron chi connectivity index (χ0n) is 9.32. The second kappa shape index (κ2) is 5.77. The molecular weight excluding hydrogens is 317 g/mol. The van der Waals surface area contributed by atoms with Gasteiger partial charge in [0.25, 0.3) is 0 Å². The minimum absolute atomic E-state index is 0.238. The Balaban J connectivity index is 2.05. The first-order chi connectivity index (χ1) is 7.81. The number of rotatable bonds is 3. The van der Waals surface area contributed by atoms with Crippen LogP contribution in [0, 0.1) is 3.57 Å². The van der Waals surface area contributed by atoms with Gasteiger partial charge >= 0.3 is 0 Å². The molecule has 0 spiro atoms. The van der Waals surface area contributed by atoms with E-state index in [1.807, 2.05) is 7.05 Å². The standard InChI is InChI=1S/C11H16IN3O/c1-13-9-4-2-3-5-10(9)16-11-8(12)6-14-7-15-11/h6-7,9-10,13H,2-5H2,1H3. The third-order valence-electron chi connectivity index (χ3n) is 2.97. The van der Waals surface area contributed by atoms with Crippen molar-refractivity contribution in [1.29, 1.82) is 0 Å². The van der Waals surface area contributed by atoms with Crippen molar-refractivity contribution in [2.75, 3.05) is 7.05 Å². The number of aromatic nitrogens is 2. The molecule has 0 aromatic carbocycles. The van der Waals surface area contributed by atoms with Crippen LogP contribution in [-0.2, 0) is 0 Å². The predicted octanol–water partition coefficient (Wildman–Crippen LogP) is 1.99. The van der Waals surface area contributed by atoms with Gasteiger partial charge in [-0.2, -0.15) is 0 Å². The van der Waals surface area contributed by atoms with E-state index in [0.717, 1.165) is 9.99 Å². The lowest BCUT2D eigenvalue weighted by Gasteiger charge is -2.31. The molecule has 1 heterocycles. The maximum Gasteiger partial charge on any atom is 0.230 e. The normalized spacial score (nSPS) is 25.4. The number of nitrogens with one attached hydrogen (secondary N) is 1. The number of hydrogen-bond donors (Lipinski definition) is 1. The van der Waals surface area contributed by atoms with Gasteiger partial charge in [-0.1, -0.05) is 6.42 Å². The van der Waals surface area contributed by atoms with Crippen molar-refractivity contribution in [3.05, 3.63) is 16.1 Å². The van der Waals surface area contributed by atoms with Crippen LogP contribution >= 0.6 is 22.6 Å². The molecule has 0 radical (unpaired) electrons. The highest BCUT2D eigenvalue weighted by molar-refractivity contribution is 14.1. The Bertz CT molecular complexity index is 348. The fraction of sp³-hybridized carbons (Fsp3) is 0.636. The van der Waals surface area contributed by atoms with Crippen molar-refractivity contribution in [2.45, 2.75) is 37.8 Å². The second-order valence-corrected chi connectivity index (χ2v) is 5.17. The quantitative estimate of drug-likeness (QED) is 0.860. The van der Waals surface area contributed by atoms with Crippen molar-refractivity contribution in [3.63, 3.8) is 0 Å². The van der Waals surface area contributed by atoms with E-state index in [1.54, 1.807) is 6.20 Å². The maximum atomic E-state index is 5.97. The molecule has 2 unspecified atom stereocenters. The van der Waals surface area contributed by atoms with E-state index in [4.69, 9.17) is 4.74 Å². The molecule has 1 saturated carbocycles. The fourth-order valence-electron chi connectivity index (χ4n) is 2.10. The Morgan fingerprint density at radius 1 is 1.44 bits per heavy atom. The summed E-state index contributed by atoms with van der Waals surface area (Å²) in [6, 6.07) is 0.444. The van der Waals surface area contributed by atoms with Crippen molar-refractivity contribution >= 4 is 22.6 Å². The zero-order valence-corrected chi connectivity index (χ0v) is 11.5. The van der Waals surface area contributed by atoms with Crippen LogP contribution in [0.4, 0.5) is 0 Å². The molecule has 1 fully saturated rings. The molecule has 1 aliphatic rings. The molecule has 0 bridgehead atoms. The Morgan fingerprint density at radius 2 is 2.25 bits per heavy atom. The van der Waals surface area contributed by atoms with Crippen molar-refractivity contribution in [2.24, 2.45) is 0 Å². The summed E-state index contributed by atoms with van der Waals surface area (Å²) in [5, 5.41) is 3.32. The molecule has 88 valence electrons. The van der Waals surface area contributed by atoms with E-state index in [-0.39, 0.29) is 6.10 Å². The first-order valence-electron chi connectivity index (χ1n) is 5.60. The SMILES string of the molecule is CNC1CCCCC1Oc1ncncc1I. The third kappa shape index (κ3) is 2.82. The molecule has 2 rings (SSSR count). The number of ether oxygens (including phenoxy) is 1. The molecule has 4 nitrogen and oxygen atoms in total. The van der Waals surface area contributed by atoms with Crippen LogP contribution in [0.3, 0.4) is 0 Å². The molecular formula is C11H16IN3O. The van der Waals surface area contributed by atoms with Gasteiger partial charge in [0.2, 0.25) is 5.88 Å². The van der Waals surface area contributed by atoms with Gasteiger partial charge in [-0.3, -0.25) is 0 Å². The van der Waals surface area contributed by atoms with Gasteiger partial charge < -0.3 is 10.1 Å². The zero-order chi connectivity index (χ0) is 11.4. The lowest BCUT2D eigenvalue weighted by molar-refractivity contribution is 0.111. The summed E-state index contributed by atoms with van der Waals surface area (Å²) in [7, 11) is 2.00. The molecule has 0 aliphatic heterocycles. The first kappa shape index (κ1) is 12.0. The van der Waals surface area contributed by atoms with Crippen LogP contribution < -0.4 is 10.1 Å². The van der Waals surface area contributed by atoms with E-state index in [1.165, 1.54) is 25.6 Å². The Labute approximate surface area is 109 Å². The number of halogens is 1. The number of nitrogens with zero attached hydrogens (tertiary/aromatic N) is 2. The van der Waals surface area contributed by atoms with Crippen LogP contribution in [0.1, 0.15) is 25.7 Å². The number of hydrogen-bond acceptors (Lipinski definition) is 4. The highest BCUT2D eigenvalue weighted by Crippen LogP contribution is 2.24. The van der Waals surface area contributed by atoms with Crippen molar-refractivity contribution in [1.82, 2.24) is 15.3 Å². The van der Waals surface area contributed by atoms with Crippen LogP contribution in [-0.4, -0.2) is 29.2 Å². The Morgan fingerprint density at radius 3 is 3.00 bits per heavy atom. The van der Waals surface area contributed by atoms with Gasteiger partial charge in [-0.05, 0) is 48.9 Å². The summed E-state index contributed by atoms with van der Waals surface area (Å²) in [4.78, 5) is 8.14. The Hall–Kier alpha value is -0.430. The van der Waals surface area contributed by atoms with E-state index in [9.17, 15) is 0 Å². The molecule has 2 atom stereocenters. The van der Waals surface area contributed by atoms with Crippen molar-refractivity contribution in [3.8, 4) is 5.88 Å². The highest BCUT2D eigenvalue weighted by atomic mass is 127. The number of likely N-dealkylation sites (N-methyl/N-ethyl adjacent to an activating group) is 1.